The summed E-state index contributed by atoms with van der Waals surface area (Å²) in [6.45, 7) is 0. The standard InChI is InChI=1S/C15H16N2O2/c1-17-10-9-16-13(17)11-3-5-12(6-4-11)15(14(18)19)7-2-8-15/h3-6,9-10H,2,7-8H2,1H3,(H,18,19). The average molecular weight is 256 g/mol. The van der Waals surface area contributed by atoms with Gasteiger partial charge in [-0.2, -0.15) is 0 Å². The molecule has 4 heteroatoms. The zero-order valence-electron chi connectivity index (χ0n) is 10.8. The quantitative estimate of drug-likeness (QED) is 0.918. The van der Waals surface area contributed by atoms with Crippen molar-refractivity contribution in [3.8, 4) is 11.4 Å². The monoisotopic (exact) mass is 256 g/mol. The highest BCUT2D eigenvalue weighted by Gasteiger charge is 2.45. The van der Waals surface area contributed by atoms with E-state index in [2.05, 4.69) is 4.98 Å². The molecule has 0 radical (unpaired) electrons. The zero-order valence-corrected chi connectivity index (χ0v) is 10.8. The van der Waals surface area contributed by atoms with E-state index in [9.17, 15) is 9.90 Å². The van der Waals surface area contributed by atoms with Gasteiger partial charge in [0.2, 0.25) is 0 Å². The number of hydrogen-bond acceptors (Lipinski definition) is 2. The number of carboxylic acids is 1. The van der Waals surface area contributed by atoms with Gasteiger partial charge in [0.15, 0.2) is 0 Å². The van der Waals surface area contributed by atoms with Crippen LogP contribution in [0.1, 0.15) is 24.8 Å². The van der Waals surface area contributed by atoms with Crippen molar-refractivity contribution >= 4 is 5.97 Å². The van der Waals surface area contributed by atoms with E-state index in [-0.39, 0.29) is 0 Å². The summed E-state index contributed by atoms with van der Waals surface area (Å²) in [4.78, 5) is 15.7. The van der Waals surface area contributed by atoms with Crippen molar-refractivity contribution in [1.82, 2.24) is 9.55 Å². The third kappa shape index (κ3) is 1.75. The molecular formula is C15H16N2O2. The SMILES string of the molecule is Cn1ccnc1-c1ccc(C2(C(=O)O)CCC2)cc1. The molecule has 1 aliphatic rings. The molecule has 3 rings (SSSR count). The predicted molar refractivity (Wildman–Crippen MR) is 71.8 cm³/mol. The summed E-state index contributed by atoms with van der Waals surface area (Å²) in [6.07, 6.45) is 6.13. The highest BCUT2D eigenvalue weighted by atomic mass is 16.4. The topological polar surface area (TPSA) is 55.1 Å². The second-order valence-electron chi connectivity index (χ2n) is 5.18. The van der Waals surface area contributed by atoms with Crippen molar-refractivity contribution in [3.05, 3.63) is 42.2 Å². The molecule has 1 fully saturated rings. The maximum Gasteiger partial charge on any atom is 0.314 e. The van der Waals surface area contributed by atoms with Crippen molar-refractivity contribution < 1.29 is 9.90 Å². The van der Waals surface area contributed by atoms with Gasteiger partial charge in [0.1, 0.15) is 5.82 Å². The van der Waals surface area contributed by atoms with Gasteiger partial charge in [0.25, 0.3) is 0 Å². The van der Waals surface area contributed by atoms with Crippen molar-refractivity contribution in [2.75, 3.05) is 0 Å². The molecule has 1 aromatic carbocycles. The van der Waals surface area contributed by atoms with E-state index in [4.69, 9.17) is 0 Å². The van der Waals surface area contributed by atoms with Gasteiger partial charge in [-0.05, 0) is 18.4 Å². The Bertz CT molecular complexity index is 609. The highest BCUT2D eigenvalue weighted by Crippen LogP contribution is 2.44. The average Bonchev–Trinajstić information content (AvgIpc) is 2.74. The highest BCUT2D eigenvalue weighted by molar-refractivity contribution is 5.82. The van der Waals surface area contributed by atoms with E-state index >= 15 is 0 Å². The summed E-state index contributed by atoms with van der Waals surface area (Å²) in [7, 11) is 1.95. The molecule has 0 atom stereocenters. The first kappa shape index (κ1) is 12.0. The minimum atomic E-state index is -0.705. The Morgan fingerprint density at radius 2 is 2.00 bits per heavy atom. The number of carbonyl (C=O) groups is 1. The summed E-state index contributed by atoms with van der Waals surface area (Å²) >= 11 is 0. The summed E-state index contributed by atoms with van der Waals surface area (Å²) < 4.78 is 1.95. The van der Waals surface area contributed by atoms with Crippen LogP contribution in [0.2, 0.25) is 0 Å². The molecule has 1 N–H and O–H groups in total. The molecule has 0 bridgehead atoms. The van der Waals surface area contributed by atoms with Gasteiger partial charge in [-0.3, -0.25) is 4.79 Å². The van der Waals surface area contributed by atoms with Gasteiger partial charge in [-0.25, -0.2) is 4.98 Å². The number of aliphatic carboxylic acids is 1. The van der Waals surface area contributed by atoms with Crippen LogP contribution in [0.5, 0.6) is 0 Å². The fraction of sp³-hybridized carbons (Fsp3) is 0.333. The van der Waals surface area contributed by atoms with Crippen molar-refractivity contribution in [2.45, 2.75) is 24.7 Å². The lowest BCUT2D eigenvalue weighted by Crippen LogP contribution is -2.42. The minimum absolute atomic E-state index is 0.653. The lowest BCUT2D eigenvalue weighted by molar-refractivity contribution is -0.147. The van der Waals surface area contributed by atoms with Crippen LogP contribution >= 0.6 is 0 Å². The normalized spacial score (nSPS) is 16.9. The molecule has 0 saturated heterocycles. The number of imidazole rings is 1. The third-order valence-corrected chi connectivity index (χ3v) is 4.13. The summed E-state index contributed by atoms with van der Waals surface area (Å²) in [6, 6.07) is 7.77. The molecular weight excluding hydrogens is 240 g/mol. The van der Waals surface area contributed by atoms with Crippen LogP contribution in [-0.2, 0) is 17.3 Å². The van der Waals surface area contributed by atoms with Crippen LogP contribution in [0.25, 0.3) is 11.4 Å². The molecule has 1 saturated carbocycles. The third-order valence-electron chi connectivity index (χ3n) is 4.13. The Morgan fingerprint density at radius 1 is 1.32 bits per heavy atom. The van der Waals surface area contributed by atoms with Crippen molar-refractivity contribution in [3.63, 3.8) is 0 Å². The molecule has 2 aromatic rings. The smallest absolute Gasteiger partial charge is 0.314 e. The Labute approximate surface area is 111 Å². The Balaban J connectivity index is 1.95. The molecule has 1 heterocycles. The largest absolute Gasteiger partial charge is 0.481 e. The summed E-state index contributed by atoms with van der Waals surface area (Å²) in [5.41, 5.74) is 1.26. The van der Waals surface area contributed by atoms with Gasteiger partial charge >= 0.3 is 5.97 Å². The first-order chi connectivity index (χ1) is 9.13. The second-order valence-corrected chi connectivity index (χ2v) is 5.18. The van der Waals surface area contributed by atoms with E-state index in [0.717, 1.165) is 36.2 Å². The van der Waals surface area contributed by atoms with Gasteiger partial charge in [-0.15, -0.1) is 0 Å². The molecule has 0 spiro atoms. The molecule has 1 aromatic heterocycles. The molecule has 1 aliphatic carbocycles. The number of benzene rings is 1. The van der Waals surface area contributed by atoms with E-state index in [1.165, 1.54) is 0 Å². The van der Waals surface area contributed by atoms with E-state index in [0.29, 0.717) is 0 Å². The lowest BCUT2D eigenvalue weighted by atomic mass is 9.64. The molecule has 0 amide bonds. The van der Waals surface area contributed by atoms with E-state index in [1.807, 2.05) is 42.1 Å². The zero-order chi connectivity index (χ0) is 13.5. The Morgan fingerprint density at radius 3 is 2.42 bits per heavy atom. The van der Waals surface area contributed by atoms with Gasteiger partial charge < -0.3 is 9.67 Å². The Kier molecular flexibility index (Phi) is 2.66. The maximum absolute atomic E-state index is 11.5. The van der Waals surface area contributed by atoms with Gasteiger partial charge in [0.05, 0.1) is 5.41 Å². The van der Waals surface area contributed by atoms with Gasteiger partial charge in [0, 0.05) is 25.0 Å². The predicted octanol–water partition coefficient (Wildman–Crippen LogP) is 2.59. The second kappa shape index (κ2) is 4.23. The lowest BCUT2D eigenvalue weighted by Gasteiger charge is -2.38. The number of rotatable bonds is 3. The van der Waals surface area contributed by atoms with Crippen molar-refractivity contribution in [1.29, 1.82) is 0 Å². The van der Waals surface area contributed by atoms with Crippen LogP contribution < -0.4 is 0 Å². The number of carboxylic acid groups (broad SMARTS) is 1. The minimum Gasteiger partial charge on any atom is -0.481 e. The molecule has 0 aliphatic heterocycles. The number of nitrogens with zero attached hydrogens (tertiary/aromatic N) is 2. The first-order valence-corrected chi connectivity index (χ1v) is 6.45. The van der Waals surface area contributed by atoms with E-state index in [1.54, 1.807) is 6.20 Å². The fourth-order valence-corrected chi connectivity index (χ4v) is 2.74. The van der Waals surface area contributed by atoms with E-state index < -0.39 is 11.4 Å². The first-order valence-electron chi connectivity index (χ1n) is 6.45. The molecule has 98 valence electrons. The molecule has 19 heavy (non-hydrogen) atoms. The maximum atomic E-state index is 11.5. The molecule has 0 unspecified atom stereocenters. The van der Waals surface area contributed by atoms with Crippen LogP contribution in [0.15, 0.2) is 36.7 Å². The van der Waals surface area contributed by atoms with Crippen LogP contribution in [0.3, 0.4) is 0 Å². The number of aromatic nitrogens is 2. The number of aryl methyl sites for hydroxylation is 1. The van der Waals surface area contributed by atoms with Crippen LogP contribution in [-0.4, -0.2) is 20.6 Å². The fourth-order valence-electron chi connectivity index (χ4n) is 2.74. The summed E-state index contributed by atoms with van der Waals surface area (Å²) in [5, 5.41) is 9.42. The van der Waals surface area contributed by atoms with Crippen molar-refractivity contribution in [2.24, 2.45) is 7.05 Å². The number of hydrogen-bond donors (Lipinski definition) is 1. The summed E-state index contributed by atoms with van der Waals surface area (Å²) in [5.74, 6) is 0.188. The molecule has 4 nitrogen and oxygen atoms in total. The Hall–Kier alpha value is -2.10. The van der Waals surface area contributed by atoms with Gasteiger partial charge in [-0.1, -0.05) is 30.7 Å². The van der Waals surface area contributed by atoms with Crippen LogP contribution in [0.4, 0.5) is 0 Å². The van der Waals surface area contributed by atoms with Crippen LogP contribution in [0, 0.1) is 0 Å².